The van der Waals surface area contributed by atoms with Gasteiger partial charge in [-0.2, -0.15) is 9.29 Å². The summed E-state index contributed by atoms with van der Waals surface area (Å²) in [6.07, 6.45) is 3.95. The molecule has 0 bridgehead atoms. The lowest BCUT2D eigenvalue weighted by Crippen LogP contribution is -2.50. The van der Waals surface area contributed by atoms with E-state index >= 15 is 0 Å². The lowest BCUT2D eigenvalue weighted by Gasteiger charge is -2.33. The number of aromatic nitrogens is 4. The number of piperazine rings is 1. The first kappa shape index (κ1) is 19.2. The summed E-state index contributed by atoms with van der Waals surface area (Å²) < 4.78 is 30.7. The summed E-state index contributed by atoms with van der Waals surface area (Å²) in [6.45, 7) is 3.01. The molecule has 0 unspecified atom stereocenters. The van der Waals surface area contributed by atoms with Gasteiger partial charge >= 0.3 is 0 Å². The number of hydrogen-bond acceptors (Lipinski definition) is 8. The first-order valence-electron chi connectivity index (χ1n) is 8.34. The van der Waals surface area contributed by atoms with Crippen LogP contribution in [0.2, 0.25) is 0 Å². The third-order valence-corrected chi connectivity index (χ3v) is 5.59. The zero-order valence-corrected chi connectivity index (χ0v) is 15.8. The first-order valence-corrected chi connectivity index (χ1v) is 10.2. The molecule has 27 heavy (non-hydrogen) atoms. The van der Waals surface area contributed by atoms with Gasteiger partial charge in [-0.15, -0.1) is 0 Å². The highest BCUT2D eigenvalue weighted by Gasteiger charge is 2.25. The van der Waals surface area contributed by atoms with E-state index in [1.165, 1.54) is 21.4 Å². The molecule has 11 nitrogen and oxygen atoms in total. The number of nitrogens with zero attached hydrogens (tertiary/aromatic N) is 6. The first-order chi connectivity index (χ1) is 12.8. The molecule has 3 rings (SSSR count). The predicted octanol–water partition coefficient (Wildman–Crippen LogP) is -0.904. The van der Waals surface area contributed by atoms with E-state index in [1.54, 1.807) is 11.8 Å². The van der Waals surface area contributed by atoms with Crippen LogP contribution >= 0.6 is 0 Å². The molecule has 0 aromatic carbocycles. The normalized spacial score (nSPS) is 15.9. The molecule has 1 fully saturated rings. The molecule has 1 amide bonds. The van der Waals surface area contributed by atoms with Gasteiger partial charge in [0.25, 0.3) is 11.4 Å². The summed E-state index contributed by atoms with van der Waals surface area (Å²) >= 11 is 0. The maximum atomic E-state index is 12.5. The van der Waals surface area contributed by atoms with Crippen molar-refractivity contribution in [3.8, 4) is 11.5 Å². The Morgan fingerprint density at radius 2 is 1.96 bits per heavy atom. The second-order valence-corrected chi connectivity index (χ2v) is 8.23. The van der Waals surface area contributed by atoms with E-state index in [0.717, 1.165) is 6.26 Å². The van der Waals surface area contributed by atoms with E-state index in [0.29, 0.717) is 18.9 Å². The minimum atomic E-state index is -3.24. The molecular formula is C15H20N6O5S. The predicted molar refractivity (Wildman–Crippen MR) is 94.1 cm³/mol. The summed E-state index contributed by atoms with van der Waals surface area (Å²) in [5.41, 5.74) is -0.198. The maximum absolute atomic E-state index is 12.5. The lowest BCUT2D eigenvalue weighted by molar-refractivity contribution is -0.132. The highest BCUT2D eigenvalue weighted by atomic mass is 32.2. The molecule has 12 heteroatoms. The van der Waals surface area contributed by atoms with Gasteiger partial charge in [-0.25, -0.2) is 13.4 Å². The highest BCUT2D eigenvalue weighted by Crippen LogP contribution is 2.11. The Kier molecular flexibility index (Phi) is 5.37. The Hall–Kier alpha value is -2.60. The number of rotatable bonds is 5. The molecule has 1 aliphatic rings. The van der Waals surface area contributed by atoms with Crippen molar-refractivity contribution < 1.29 is 17.7 Å². The van der Waals surface area contributed by atoms with Crippen molar-refractivity contribution >= 4 is 15.9 Å². The van der Waals surface area contributed by atoms with Crippen molar-refractivity contribution in [2.24, 2.45) is 0 Å². The summed E-state index contributed by atoms with van der Waals surface area (Å²) in [4.78, 5) is 34.5. The molecule has 0 spiro atoms. The third-order valence-electron chi connectivity index (χ3n) is 4.29. The monoisotopic (exact) mass is 396 g/mol. The quantitative estimate of drug-likeness (QED) is 0.635. The van der Waals surface area contributed by atoms with Crippen LogP contribution < -0.4 is 5.56 Å². The second kappa shape index (κ2) is 7.56. The van der Waals surface area contributed by atoms with E-state index < -0.39 is 10.0 Å². The number of aryl methyl sites for hydroxylation is 2. The van der Waals surface area contributed by atoms with Crippen LogP contribution in [0, 0.1) is 6.92 Å². The second-order valence-electron chi connectivity index (χ2n) is 6.25. The Labute approximate surface area is 155 Å². The van der Waals surface area contributed by atoms with Crippen LogP contribution in [0.5, 0.6) is 0 Å². The zero-order chi connectivity index (χ0) is 19.6. The average molecular weight is 396 g/mol. The van der Waals surface area contributed by atoms with Gasteiger partial charge in [0, 0.05) is 45.3 Å². The number of amides is 1. The van der Waals surface area contributed by atoms with E-state index in [4.69, 9.17) is 4.52 Å². The van der Waals surface area contributed by atoms with Gasteiger partial charge in [0.05, 0.1) is 12.6 Å². The zero-order valence-electron chi connectivity index (χ0n) is 15.0. The van der Waals surface area contributed by atoms with Crippen LogP contribution in [-0.2, 0) is 21.4 Å². The van der Waals surface area contributed by atoms with Crippen LogP contribution in [-0.4, -0.2) is 75.7 Å². The van der Waals surface area contributed by atoms with Crippen LogP contribution in [0.3, 0.4) is 0 Å². The summed E-state index contributed by atoms with van der Waals surface area (Å²) in [5.74, 6) is 0.347. The summed E-state index contributed by atoms with van der Waals surface area (Å²) in [6, 6.07) is 0. The van der Waals surface area contributed by atoms with Gasteiger partial charge in [0.1, 0.15) is 5.56 Å². The molecule has 1 aliphatic heterocycles. The molecule has 0 saturated carbocycles. The van der Waals surface area contributed by atoms with Crippen LogP contribution in [0.4, 0.5) is 0 Å². The molecular weight excluding hydrogens is 376 g/mol. The van der Waals surface area contributed by atoms with Crippen molar-refractivity contribution in [1.82, 2.24) is 28.9 Å². The molecule has 0 N–H and O–H groups in total. The maximum Gasteiger partial charge on any atom is 0.266 e. The Morgan fingerprint density at radius 1 is 1.26 bits per heavy atom. The number of hydrogen-bond donors (Lipinski definition) is 0. The SMILES string of the molecule is Cc1noc(-c2cncn(CCC(=O)N3CCN(S(C)(=O)=O)CC3)c2=O)n1. The lowest BCUT2D eigenvalue weighted by atomic mass is 10.3. The van der Waals surface area contributed by atoms with Crippen LogP contribution in [0.1, 0.15) is 12.2 Å². The molecule has 1 saturated heterocycles. The van der Waals surface area contributed by atoms with Crippen molar-refractivity contribution in [3.05, 3.63) is 28.7 Å². The molecule has 146 valence electrons. The van der Waals surface area contributed by atoms with E-state index in [-0.39, 0.29) is 49.0 Å². The van der Waals surface area contributed by atoms with Crippen molar-refractivity contribution in [3.63, 3.8) is 0 Å². The fourth-order valence-electron chi connectivity index (χ4n) is 2.81. The van der Waals surface area contributed by atoms with Crippen molar-refractivity contribution in [2.75, 3.05) is 32.4 Å². The Balaban J connectivity index is 1.62. The largest absolute Gasteiger partial charge is 0.340 e. The smallest absolute Gasteiger partial charge is 0.266 e. The van der Waals surface area contributed by atoms with Crippen LogP contribution in [0.25, 0.3) is 11.5 Å². The third kappa shape index (κ3) is 4.39. The minimum Gasteiger partial charge on any atom is -0.340 e. The fraction of sp³-hybridized carbons (Fsp3) is 0.533. The molecule has 0 aliphatic carbocycles. The molecule has 2 aromatic heterocycles. The average Bonchev–Trinajstić information content (AvgIpc) is 3.06. The molecule has 0 atom stereocenters. The van der Waals surface area contributed by atoms with Gasteiger partial charge in [0.15, 0.2) is 5.82 Å². The minimum absolute atomic E-state index is 0.0857. The topological polar surface area (TPSA) is 132 Å². The standard InChI is InChI=1S/C15H20N6O5S/c1-11-17-14(26-18-11)12-9-16-10-20(15(12)23)4-3-13(22)19-5-7-21(8-6-19)27(2,24)25/h9-10H,3-8H2,1-2H3. The highest BCUT2D eigenvalue weighted by molar-refractivity contribution is 7.88. The van der Waals surface area contributed by atoms with Gasteiger partial charge in [-0.3, -0.25) is 14.2 Å². The van der Waals surface area contributed by atoms with E-state index in [2.05, 4.69) is 15.1 Å². The van der Waals surface area contributed by atoms with Gasteiger partial charge in [-0.1, -0.05) is 5.16 Å². The van der Waals surface area contributed by atoms with Gasteiger partial charge in [-0.05, 0) is 6.92 Å². The van der Waals surface area contributed by atoms with E-state index in [1.807, 2.05) is 0 Å². The number of carbonyl (C=O) groups excluding carboxylic acids is 1. The number of carbonyl (C=O) groups is 1. The molecule has 3 heterocycles. The summed E-state index contributed by atoms with van der Waals surface area (Å²) in [5, 5.41) is 3.65. The Bertz CT molecular complexity index is 990. The van der Waals surface area contributed by atoms with Gasteiger partial charge < -0.3 is 9.42 Å². The molecule has 0 radical (unpaired) electrons. The van der Waals surface area contributed by atoms with Crippen molar-refractivity contribution in [2.45, 2.75) is 19.9 Å². The molecule has 2 aromatic rings. The van der Waals surface area contributed by atoms with Crippen molar-refractivity contribution in [1.29, 1.82) is 0 Å². The number of sulfonamides is 1. The fourth-order valence-corrected chi connectivity index (χ4v) is 3.63. The van der Waals surface area contributed by atoms with Gasteiger partial charge in [0.2, 0.25) is 15.9 Å². The summed E-state index contributed by atoms with van der Waals surface area (Å²) in [7, 11) is -3.24. The van der Waals surface area contributed by atoms with E-state index in [9.17, 15) is 18.0 Å². The Morgan fingerprint density at radius 3 is 2.56 bits per heavy atom. The van der Waals surface area contributed by atoms with Crippen LogP contribution in [0.15, 0.2) is 21.8 Å².